The van der Waals surface area contributed by atoms with E-state index in [-0.39, 0.29) is 12.4 Å². The number of amidine groups is 1. The first kappa shape index (κ1) is 14.9. The summed E-state index contributed by atoms with van der Waals surface area (Å²) in [5.41, 5.74) is 7.23. The Bertz CT molecular complexity index is 493. The molecule has 1 atom stereocenters. The van der Waals surface area contributed by atoms with Crippen molar-refractivity contribution in [2.75, 3.05) is 18.1 Å². The van der Waals surface area contributed by atoms with E-state index in [1.807, 2.05) is 12.1 Å². The molecule has 5 nitrogen and oxygen atoms in total. The first-order chi connectivity index (χ1) is 9.69. The smallest absolute Gasteiger partial charge is 0.173 e. The molecule has 1 heterocycles. The zero-order valence-electron chi connectivity index (χ0n) is 11.3. The number of hydrogen-bond acceptors (Lipinski definition) is 4. The molecular formula is C14H20ClN3O2. The molecule has 0 radical (unpaired) electrons. The highest BCUT2D eigenvalue weighted by Crippen LogP contribution is 2.33. The minimum absolute atomic E-state index is 0.0263. The third kappa shape index (κ3) is 2.99. The fraction of sp³-hybridized carbons (Fsp3) is 0.500. The Balaban J connectivity index is 2.34. The first-order valence-electron chi connectivity index (χ1n) is 6.83. The van der Waals surface area contributed by atoms with Crippen LogP contribution in [0.1, 0.15) is 31.2 Å². The number of nitrogens with zero attached hydrogens (tertiary/aromatic N) is 2. The van der Waals surface area contributed by atoms with Crippen molar-refractivity contribution in [3.8, 4) is 0 Å². The second kappa shape index (κ2) is 6.81. The summed E-state index contributed by atoms with van der Waals surface area (Å²) in [6, 6.07) is 5.91. The molecule has 20 heavy (non-hydrogen) atoms. The van der Waals surface area contributed by atoms with Gasteiger partial charge in [-0.3, -0.25) is 0 Å². The summed E-state index contributed by atoms with van der Waals surface area (Å²) >= 11 is 6.19. The molecule has 0 bridgehead atoms. The number of nitrogens with two attached hydrogens (primary N) is 1. The molecule has 0 amide bonds. The average molecular weight is 298 g/mol. The van der Waals surface area contributed by atoms with E-state index in [4.69, 9.17) is 27.6 Å². The van der Waals surface area contributed by atoms with Gasteiger partial charge in [0.15, 0.2) is 5.84 Å². The third-order valence-electron chi connectivity index (χ3n) is 3.74. The molecule has 1 unspecified atom stereocenters. The zero-order chi connectivity index (χ0) is 14.5. The van der Waals surface area contributed by atoms with Gasteiger partial charge in [0, 0.05) is 24.9 Å². The third-order valence-corrected chi connectivity index (χ3v) is 4.05. The van der Waals surface area contributed by atoms with Crippen molar-refractivity contribution in [1.29, 1.82) is 0 Å². The van der Waals surface area contributed by atoms with Gasteiger partial charge in [0.2, 0.25) is 0 Å². The Labute approximate surface area is 123 Å². The largest absolute Gasteiger partial charge is 0.409 e. The quantitative estimate of drug-likeness (QED) is 0.337. The number of aliphatic hydroxyl groups excluding tert-OH is 1. The Kier molecular flexibility index (Phi) is 5.09. The number of oxime groups is 1. The van der Waals surface area contributed by atoms with Crippen LogP contribution in [-0.4, -0.2) is 35.3 Å². The number of rotatable bonds is 5. The lowest BCUT2D eigenvalue weighted by Crippen LogP contribution is -2.31. The summed E-state index contributed by atoms with van der Waals surface area (Å²) in [6.07, 6.45) is 3.89. The second-order valence-electron chi connectivity index (χ2n) is 4.97. The molecule has 1 saturated heterocycles. The number of hydrogen-bond donors (Lipinski definition) is 3. The van der Waals surface area contributed by atoms with Gasteiger partial charge in [0.05, 0.1) is 10.6 Å². The molecule has 1 aliphatic heterocycles. The van der Waals surface area contributed by atoms with E-state index in [0.29, 0.717) is 16.6 Å². The van der Waals surface area contributed by atoms with E-state index in [0.717, 1.165) is 37.9 Å². The number of benzene rings is 1. The van der Waals surface area contributed by atoms with Crippen LogP contribution in [0, 0.1) is 0 Å². The van der Waals surface area contributed by atoms with E-state index in [2.05, 4.69) is 10.1 Å². The topological polar surface area (TPSA) is 82.1 Å². The van der Waals surface area contributed by atoms with Gasteiger partial charge < -0.3 is 20.9 Å². The molecule has 1 fully saturated rings. The first-order valence-corrected chi connectivity index (χ1v) is 7.20. The predicted octanol–water partition coefficient (Wildman–Crippen LogP) is 2.18. The van der Waals surface area contributed by atoms with Crippen LogP contribution in [0.4, 0.5) is 5.69 Å². The summed E-state index contributed by atoms with van der Waals surface area (Å²) in [7, 11) is 0. The normalized spacial score (nSPS) is 19.6. The molecule has 6 heteroatoms. The van der Waals surface area contributed by atoms with Gasteiger partial charge in [-0.05, 0) is 37.8 Å². The van der Waals surface area contributed by atoms with Crippen LogP contribution in [0.3, 0.4) is 0 Å². The number of halogens is 1. The lowest BCUT2D eigenvalue weighted by atomic mass is 10.1. The van der Waals surface area contributed by atoms with E-state index in [1.54, 1.807) is 6.07 Å². The van der Waals surface area contributed by atoms with Crippen molar-refractivity contribution in [3.05, 3.63) is 28.8 Å². The molecule has 1 aliphatic rings. The summed E-state index contributed by atoms with van der Waals surface area (Å²) in [4.78, 5) is 2.24. The Hall–Kier alpha value is -1.46. The van der Waals surface area contributed by atoms with Crippen molar-refractivity contribution in [2.24, 2.45) is 10.9 Å². The van der Waals surface area contributed by atoms with Gasteiger partial charge in [-0.25, -0.2) is 0 Å². The summed E-state index contributed by atoms with van der Waals surface area (Å²) in [5.74, 6) is 0.0263. The highest BCUT2D eigenvalue weighted by molar-refractivity contribution is 6.34. The summed E-state index contributed by atoms with van der Waals surface area (Å²) in [5, 5.41) is 21.5. The Morgan fingerprint density at radius 1 is 1.50 bits per heavy atom. The van der Waals surface area contributed by atoms with Crippen molar-refractivity contribution in [1.82, 2.24) is 0 Å². The molecule has 0 saturated carbocycles. The van der Waals surface area contributed by atoms with Crippen molar-refractivity contribution < 1.29 is 10.3 Å². The van der Waals surface area contributed by atoms with E-state index < -0.39 is 0 Å². The maximum atomic E-state index is 9.00. The molecular weight excluding hydrogens is 278 g/mol. The highest BCUT2D eigenvalue weighted by Gasteiger charge is 2.27. The number of anilines is 1. The minimum atomic E-state index is 0.0263. The van der Waals surface area contributed by atoms with Crippen LogP contribution < -0.4 is 10.6 Å². The maximum Gasteiger partial charge on any atom is 0.173 e. The zero-order valence-corrected chi connectivity index (χ0v) is 12.1. The fourth-order valence-corrected chi connectivity index (χ4v) is 3.10. The molecule has 1 aromatic carbocycles. The Morgan fingerprint density at radius 2 is 2.30 bits per heavy atom. The average Bonchev–Trinajstić information content (AvgIpc) is 2.92. The van der Waals surface area contributed by atoms with Crippen molar-refractivity contribution in [2.45, 2.75) is 31.7 Å². The summed E-state index contributed by atoms with van der Waals surface area (Å²) < 4.78 is 0. The van der Waals surface area contributed by atoms with Gasteiger partial charge in [-0.15, -0.1) is 0 Å². The molecule has 0 spiro atoms. The molecule has 0 aliphatic carbocycles. The molecule has 4 N–H and O–H groups in total. The molecule has 1 aromatic rings. The second-order valence-corrected chi connectivity index (χ2v) is 5.38. The van der Waals surface area contributed by atoms with Gasteiger partial charge in [-0.2, -0.15) is 0 Å². The highest BCUT2D eigenvalue weighted by atomic mass is 35.5. The van der Waals surface area contributed by atoms with E-state index >= 15 is 0 Å². The van der Waals surface area contributed by atoms with Crippen LogP contribution in [0.5, 0.6) is 0 Å². The van der Waals surface area contributed by atoms with Crippen LogP contribution in [0.15, 0.2) is 23.4 Å². The van der Waals surface area contributed by atoms with Crippen molar-refractivity contribution in [3.63, 3.8) is 0 Å². The van der Waals surface area contributed by atoms with Crippen LogP contribution in [-0.2, 0) is 0 Å². The number of aliphatic hydroxyl groups is 1. The van der Waals surface area contributed by atoms with Crippen LogP contribution in [0.25, 0.3) is 0 Å². The van der Waals surface area contributed by atoms with Gasteiger partial charge in [0.25, 0.3) is 0 Å². The van der Waals surface area contributed by atoms with Gasteiger partial charge in [-0.1, -0.05) is 22.8 Å². The standard InChI is InChI=1S/C14H20ClN3O2/c15-11-6-1-7-12(13(11)14(16)17-20)18-8-2-4-10(18)5-3-9-19/h1,6-7,10,19-20H,2-5,8-9H2,(H2,16,17). The molecule has 110 valence electrons. The Morgan fingerprint density at radius 3 is 3.00 bits per heavy atom. The molecule has 0 aromatic heterocycles. The van der Waals surface area contributed by atoms with E-state index in [1.165, 1.54) is 0 Å². The fourth-order valence-electron chi connectivity index (χ4n) is 2.84. The minimum Gasteiger partial charge on any atom is -0.409 e. The molecule has 2 rings (SSSR count). The summed E-state index contributed by atoms with van der Waals surface area (Å²) in [6.45, 7) is 1.12. The monoisotopic (exact) mass is 297 g/mol. The van der Waals surface area contributed by atoms with Gasteiger partial charge in [0.1, 0.15) is 0 Å². The van der Waals surface area contributed by atoms with Gasteiger partial charge >= 0.3 is 0 Å². The van der Waals surface area contributed by atoms with Crippen LogP contribution >= 0.6 is 11.6 Å². The lowest BCUT2D eigenvalue weighted by molar-refractivity contribution is 0.279. The van der Waals surface area contributed by atoms with E-state index in [9.17, 15) is 0 Å². The maximum absolute atomic E-state index is 9.00. The SMILES string of the molecule is NC(=NO)c1c(Cl)cccc1N1CCCC1CCCO. The predicted molar refractivity (Wildman–Crippen MR) is 80.7 cm³/mol. The van der Waals surface area contributed by atoms with Crippen molar-refractivity contribution >= 4 is 23.1 Å². The van der Waals surface area contributed by atoms with Crippen LogP contribution in [0.2, 0.25) is 5.02 Å². The lowest BCUT2D eigenvalue weighted by Gasteiger charge is -2.29.